The summed E-state index contributed by atoms with van der Waals surface area (Å²) in [6.07, 6.45) is 0. The molecule has 0 aliphatic heterocycles. The molecule has 2 N–H and O–H groups in total. The number of rotatable bonds is 10. The van der Waals surface area contributed by atoms with Gasteiger partial charge in [-0.1, -0.05) is 12.1 Å². The van der Waals surface area contributed by atoms with Crippen LogP contribution in [0.15, 0.2) is 41.4 Å². The highest BCUT2D eigenvalue weighted by atomic mass is 16.5. The lowest BCUT2D eigenvalue weighted by molar-refractivity contribution is 0.310. The summed E-state index contributed by atoms with van der Waals surface area (Å²) in [5.41, 5.74) is 2.11. The summed E-state index contributed by atoms with van der Waals surface area (Å²) in [6.45, 7) is 6.47. The maximum Gasteiger partial charge on any atom is 0.191 e. The van der Waals surface area contributed by atoms with Crippen LogP contribution in [-0.2, 0) is 13.1 Å². The van der Waals surface area contributed by atoms with E-state index in [1.165, 1.54) is 0 Å². The van der Waals surface area contributed by atoms with Gasteiger partial charge in [0.2, 0.25) is 0 Å². The van der Waals surface area contributed by atoms with E-state index >= 15 is 0 Å². The molecule has 0 amide bonds. The van der Waals surface area contributed by atoms with Crippen molar-refractivity contribution in [3.05, 3.63) is 47.5 Å². The Bertz CT molecular complexity index is 809. The van der Waals surface area contributed by atoms with Gasteiger partial charge in [0.15, 0.2) is 29.0 Å². The topological polar surface area (TPSA) is 73.3 Å². The van der Waals surface area contributed by atoms with Crippen molar-refractivity contribution in [3.63, 3.8) is 0 Å². The fourth-order valence-electron chi connectivity index (χ4n) is 2.78. The summed E-state index contributed by atoms with van der Waals surface area (Å²) in [6, 6.07) is 11.7. The number of nitrogens with one attached hydrogen (secondary N) is 2. The zero-order valence-corrected chi connectivity index (χ0v) is 17.9. The average molecular weight is 402 g/mol. The largest absolute Gasteiger partial charge is 0.493 e. The number of nitrogens with zero attached hydrogens (tertiary/aromatic N) is 1. The monoisotopic (exact) mass is 401 g/mol. The third kappa shape index (κ3) is 6.48. The van der Waals surface area contributed by atoms with Gasteiger partial charge in [0.25, 0.3) is 0 Å². The number of aliphatic imine (C=N–C) groups is 1. The minimum atomic E-state index is 0.519. The van der Waals surface area contributed by atoms with E-state index in [0.717, 1.165) is 35.1 Å². The second-order valence-corrected chi connectivity index (χ2v) is 6.16. The van der Waals surface area contributed by atoms with Crippen molar-refractivity contribution in [1.29, 1.82) is 0 Å². The van der Waals surface area contributed by atoms with Gasteiger partial charge >= 0.3 is 0 Å². The first-order valence-corrected chi connectivity index (χ1v) is 9.67. The maximum atomic E-state index is 5.64. The Morgan fingerprint density at radius 2 is 1.41 bits per heavy atom. The third-order valence-electron chi connectivity index (χ3n) is 4.20. The van der Waals surface area contributed by atoms with Crippen molar-refractivity contribution in [2.75, 3.05) is 34.5 Å². The highest BCUT2D eigenvalue weighted by molar-refractivity contribution is 5.79. The van der Waals surface area contributed by atoms with Crippen LogP contribution in [-0.4, -0.2) is 40.4 Å². The zero-order chi connectivity index (χ0) is 21.1. The molecular weight excluding hydrogens is 370 g/mol. The van der Waals surface area contributed by atoms with Crippen LogP contribution in [0.4, 0.5) is 0 Å². The maximum absolute atomic E-state index is 5.64. The highest BCUT2D eigenvalue weighted by Gasteiger charge is 2.07. The van der Waals surface area contributed by atoms with Gasteiger partial charge in [-0.3, -0.25) is 0 Å². The molecule has 0 aromatic heterocycles. The van der Waals surface area contributed by atoms with Crippen LogP contribution in [0.1, 0.15) is 25.0 Å². The molecule has 7 heteroatoms. The lowest BCUT2D eigenvalue weighted by Crippen LogP contribution is -2.36. The van der Waals surface area contributed by atoms with E-state index in [0.29, 0.717) is 31.2 Å². The molecule has 0 aliphatic carbocycles. The van der Waals surface area contributed by atoms with E-state index in [-0.39, 0.29) is 0 Å². The van der Waals surface area contributed by atoms with E-state index < -0.39 is 0 Å². The smallest absolute Gasteiger partial charge is 0.191 e. The Kier molecular flexibility index (Phi) is 8.95. The van der Waals surface area contributed by atoms with Crippen molar-refractivity contribution < 1.29 is 18.9 Å². The number of ether oxygens (including phenoxy) is 4. The lowest BCUT2D eigenvalue weighted by atomic mass is 10.2. The van der Waals surface area contributed by atoms with E-state index in [1.807, 2.05) is 50.2 Å². The predicted molar refractivity (Wildman–Crippen MR) is 115 cm³/mol. The number of guanidine groups is 1. The Morgan fingerprint density at radius 1 is 0.793 bits per heavy atom. The van der Waals surface area contributed by atoms with E-state index in [4.69, 9.17) is 18.9 Å². The Morgan fingerprint density at radius 3 is 2.03 bits per heavy atom. The van der Waals surface area contributed by atoms with Gasteiger partial charge in [-0.05, 0) is 49.2 Å². The molecule has 0 bridgehead atoms. The molecule has 0 spiro atoms. The molecule has 7 nitrogen and oxygen atoms in total. The molecule has 0 radical (unpaired) electrons. The summed E-state index contributed by atoms with van der Waals surface area (Å²) in [5, 5.41) is 6.61. The molecule has 2 aromatic rings. The molecular formula is C22H31N3O4. The first-order valence-electron chi connectivity index (χ1n) is 9.67. The molecule has 0 fully saturated rings. The van der Waals surface area contributed by atoms with Gasteiger partial charge in [-0.25, -0.2) is 4.99 Å². The SMILES string of the molecule is CCNC(=NCc1ccc(OC)c(OCC)c1)NCc1ccc(OC)c(OC)c1. The van der Waals surface area contributed by atoms with Crippen LogP contribution in [0.2, 0.25) is 0 Å². The zero-order valence-electron chi connectivity index (χ0n) is 17.9. The van der Waals surface area contributed by atoms with Crippen molar-refractivity contribution >= 4 is 5.96 Å². The van der Waals surface area contributed by atoms with Crippen LogP contribution >= 0.6 is 0 Å². The molecule has 0 saturated heterocycles. The lowest BCUT2D eigenvalue weighted by Gasteiger charge is -2.14. The average Bonchev–Trinajstić information content (AvgIpc) is 2.75. The molecule has 0 unspecified atom stereocenters. The fourth-order valence-corrected chi connectivity index (χ4v) is 2.78. The predicted octanol–water partition coefficient (Wildman–Crippen LogP) is 3.37. The molecule has 29 heavy (non-hydrogen) atoms. The highest BCUT2D eigenvalue weighted by Crippen LogP contribution is 2.28. The number of hydrogen-bond acceptors (Lipinski definition) is 5. The number of hydrogen-bond donors (Lipinski definition) is 2. The summed E-state index contributed by atoms with van der Waals surface area (Å²) in [7, 11) is 4.89. The van der Waals surface area contributed by atoms with Gasteiger partial charge in [0, 0.05) is 13.1 Å². The number of benzene rings is 2. The fraction of sp³-hybridized carbons (Fsp3) is 0.409. The molecule has 2 rings (SSSR count). The second-order valence-electron chi connectivity index (χ2n) is 6.16. The first kappa shape index (κ1) is 22.2. The second kappa shape index (κ2) is 11.7. The standard InChI is InChI=1S/C22H31N3O4/c1-6-23-22(24-14-16-8-10-18(26-3)20(12-16)28-5)25-15-17-9-11-19(27-4)21(13-17)29-7-2/h8-13H,6-7,14-15H2,1-5H3,(H2,23,24,25). The van der Waals surface area contributed by atoms with Crippen molar-refractivity contribution in [2.45, 2.75) is 26.9 Å². The van der Waals surface area contributed by atoms with Crippen LogP contribution in [0.25, 0.3) is 0 Å². The van der Waals surface area contributed by atoms with Crippen molar-refractivity contribution in [3.8, 4) is 23.0 Å². The van der Waals surface area contributed by atoms with E-state index in [2.05, 4.69) is 15.6 Å². The molecule has 0 heterocycles. The number of methoxy groups -OCH3 is 3. The summed E-state index contributed by atoms with van der Waals surface area (Å²) in [5.74, 6) is 3.59. The Labute approximate surface area is 173 Å². The minimum Gasteiger partial charge on any atom is -0.493 e. The molecule has 2 aromatic carbocycles. The molecule has 0 saturated carbocycles. The van der Waals surface area contributed by atoms with Gasteiger partial charge in [0.05, 0.1) is 34.5 Å². The summed E-state index contributed by atoms with van der Waals surface area (Å²) >= 11 is 0. The van der Waals surface area contributed by atoms with Gasteiger partial charge < -0.3 is 29.6 Å². The Balaban J connectivity index is 2.07. The molecule has 0 aliphatic rings. The Hall–Kier alpha value is -3.09. The normalized spacial score (nSPS) is 11.0. The van der Waals surface area contributed by atoms with Crippen LogP contribution < -0.4 is 29.6 Å². The summed E-state index contributed by atoms with van der Waals surface area (Å²) in [4.78, 5) is 4.67. The van der Waals surface area contributed by atoms with Crippen molar-refractivity contribution in [2.24, 2.45) is 4.99 Å². The molecule has 0 atom stereocenters. The van der Waals surface area contributed by atoms with E-state index in [1.54, 1.807) is 21.3 Å². The quantitative estimate of drug-likeness (QED) is 0.470. The van der Waals surface area contributed by atoms with Gasteiger partial charge in [0.1, 0.15) is 0 Å². The van der Waals surface area contributed by atoms with E-state index in [9.17, 15) is 0 Å². The third-order valence-corrected chi connectivity index (χ3v) is 4.20. The summed E-state index contributed by atoms with van der Waals surface area (Å²) < 4.78 is 21.6. The molecule has 158 valence electrons. The van der Waals surface area contributed by atoms with Gasteiger partial charge in [-0.15, -0.1) is 0 Å². The first-order chi connectivity index (χ1) is 14.1. The van der Waals surface area contributed by atoms with Crippen LogP contribution in [0.3, 0.4) is 0 Å². The van der Waals surface area contributed by atoms with Crippen LogP contribution in [0, 0.1) is 0 Å². The van der Waals surface area contributed by atoms with Gasteiger partial charge in [-0.2, -0.15) is 0 Å². The minimum absolute atomic E-state index is 0.519. The van der Waals surface area contributed by atoms with Crippen LogP contribution in [0.5, 0.6) is 23.0 Å². The van der Waals surface area contributed by atoms with Crippen molar-refractivity contribution in [1.82, 2.24) is 10.6 Å².